The number of amides is 1. The number of carbonyl (C=O) groups excluding carboxylic acids is 1. The summed E-state index contributed by atoms with van der Waals surface area (Å²) in [6.45, 7) is 9.65. The molecule has 0 radical (unpaired) electrons. The monoisotopic (exact) mass is 187 g/mol. The molecule has 0 bridgehead atoms. The van der Waals surface area contributed by atoms with Crippen molar-refractivity contribution >= 4 is 5.91 Å². The molecular formula is C10H21NO2. The van der Waals surface area contributed by atoms with Gasteiger partial charge in [0.2, 0.25) is 5.91 Å². The first-order chi connectivity index (χ1) is 5.79. The first-order valence-corrected chi connectivity index (χ1v) is 4.70. The minimum absolute atomic E-state index is 0.00558. The molecule has 0 fully saturated rings. The van der Waals surface area contributed by atoms with E-state index in [0.29, 0.717) is 0 Å². The molecule has 0 aliphatic heterocycles. The zero-order valence-corrected chi connectivity index (χ0v) is 9.22. The van der Waals surface area contributed by atoms with Crippen molar-refractivity contribution in [2.75, 3.05) is 6.61 Å². The summed E-state index contributed by atoms with van der Waals surface area (Å²) >= 11 is 0. The fraction of sp³-hybridized carbons (Fsp3) is 0.900. The van der Waals surface area contributed by atoms with E-state index < -0.39 is 0 Å². The lowest BCUT2D eigenvalue weighted by molar-refractivity contribution is -0.125. The van der Waals surface area contributed by atoms with Crippen LogP contribution in [0, 0.1) is 11.3 Å². The minimum atomic E-state index is -0.164. The van der Waals surface area contributed by atoms with Gasteiger partial charge in [-0.15, -0.1) is 0 Å². The summed E-state index contributed by atoms with van der Waals surface area (Å²) in [5.74, 6) is -0.0367. The van der Waals surface area contributed by atoms with Gasteiger partial charge in [0.05, 0.1) is 12.6 Å². The predicted molar refractivity (Wildman–Crippen MR) is 53.3 cm³/mol. The SMILES string of the molecule is CC(C)C(=O)N[C@@H](CO)C(C)(C)C. The second-order valence-electron chi connectivity index (χ2n) is 4.76. The lowest BCUT2D eigenvalue weighted by atomic mass is 9.87. The van der Waals surface area contributed by atoms with Crippen LogP contribution >= 0.6 is 0 Å². The first-order valence-electron chi connectivity index (χ1n) is 4.70. The Bertz CT molecular complexity index is 170. The smallest absolute Gasteiger partial charge is 0.222 e. The lowest BCUT2D eigenvalue weighted by Gasteiger charge is -2.30. The van der Waals surface area contributed by atoms with Crippen LogP contribution in [-0.4, -0.2) is 23.7 Å². The van der Waals surface area contributed by atoms with Crippen molar-refractivity contribution in [3.05, 3.63) is 0 Å². The van der Waals surface area contributed by atoms with Gasteiger partial charge in [0.1, 0.15) is 0 Å². The van der Waals surface area contributed by atoms with Crippen LogP contribution in [0.3, 0.4) is 0 Å². The molecule has 13 heavy (non-hydrogen) atoms. The fourth-order valence-corrected chi connectivity index (χ4v) is 0.874. The number of aliphatic hydroxyl groups is 1. The van der Waals surface area contributed by atoms with Gasteiger partial charge in [-0.1, -0.05) is 34.6 Å². The van der Waals surface area contributed by atoms with Crippen molar-refractivity contribution in [3.63, 3.8) is 0 Å². The van der Waals surface area contributed by atoms with Gasteiger partial charge in [0, 0.05) is 5.92 Å². The van der Waals surface area contributed by atoms with E-state index in [9.17, 15) is 4.79 Å². The van der Waals surface area contributed by atoms with Crippen LogP contribution in [0.5, 0.6) is 0 Å². The number of aliphatic hydroxyl groups excluding tert-OH is 1. The first kappa shape index (κ1) is 12.4. The van der Waals surface area contributed by atoms with Gasteiger partial charge in [0.25, 0.3) is 0 Å². The zero-order valence-electron chi connectivity index (χ0n) is 9.22. The highest BCUT2D eigenvalue weighted by molar-refractivity contribution is 5.78. The molecule has 78 valence electrons. The Kier molecular flexibility index (Phi) is 4.40. The van der Waals surface area contributed by atoms with Crippen molar-refractivity contribution in [2.45, 2.75) is 40.7 Å². The van der Waals surface area contributed by atoms with Crippen LogP contribution in [-0.2, 0) is 4.79 Å². The second kappa shape index (κ2) is 4.61. The summed E-state index contributed by atoms with van der Waals surface area (Å²) in [6.07, 6.45) is 0. The molecule has 0 aromatic heterocycles. The third-order valence-corrected chi connectivity index (χ3v) is 2.07. The Morgan fingerprint density at radius 3 is 2.08 bits per heavy atom. The van der Waals surface area contributed by atoms with Crippen LogP contribution in [0.2, 0.25) is 0 Å². The molecule has 3 heteroatoms. The van der Waals surface area contributed by atoms with Crippen molar-refractivity contribution in [2.24, 2.45) is 11.3 Å². The van der Waals surface area contributed by atoms with E-state index in [1.807, 2.05) is 34.6 Å². The van der Waals surface area contributed by atoms with Gasteiger partial charge in [-0.3, -0.25) is 4.79 Å². The van der Waals surface area contributed by atoms with E-state index in [1.54, 1.807) is 0 Å². The topological polar surface area (TPSA) is 49.3 Å². The van der Waals surface area contributed by atoms with Crippen LogP contribution < -0.4 is 5.32 Å². The second-order valence-corrected chi connectivity index (χ2v) is 4.76. The Balaban J connectivity index is 4.22. The van der Waals surface area contributed by atoms with E-state index >= 15 is 0 Å². The van der Waals surface area contributed by atoms with Crippen molar-refractivity contribution in [1.82, 2.24) is 5.32 Å². The molecule has 0 heterocycles. The highest BCUT2D eigenvalue weighted by Crippen LogP contribution is 2.18. The molecule has 1 amide bonds. The van der Waals surface area contributed by atoms with Gasteiger partial charge in [-0.2, -0.15) is 0 Å². The standard InChI is InChI=1S/C10H21NO2/c1-7(2)9(13)11-8(6-12)10(3,4)5/h7-8,12H,6H2,1-5H3,(H,11,13)/t8-/m0/s1. The Morgan fingerprint density at radius 1 is 1.38 bits per heavy atom. The Hall–Kier alpha value is -0.570. The van der Waals surface area contributed by atoms with Gasteiger partial charge >= 0.3 is 0 Å². The van der Waals surface area contributed by atoms with E-state index in [-0.39, 0.29) is 29.9 Å². The number of rotatable bonds is 3. The highest BCUT2D eigenvalue weighted by atomic mass is 16.3. The molecular weight excluding hydrogens is 166 g/mol. The van der Waals surface area contributed by atoms with Crippen molar-refractivity contribution in [3.8, 4) is 0 Å². The maximum absolute atomic E-state index is 11.3. The maximum Gasteiger partial charge on any atom is 0.222 e. The molecule has 0 aromatic rings. The molecule has 0 saturated heterocycles. The molecule has 0 spiro atoms. The van der Waals surface area contributed by atoms with Gasteiger partial charge < -0.3 is 10.4 Å². The quantitative estimate of drug-likeness (QED) is 0.696. The summed E-state index contributed by atoms with van der Waals surface area (Å²) < 4.78 is 0. The number of hydrogen-bond acceptors (Lipinski definition) is 2. The molecule has 1 atom stereocenters. The van der Waals surface area contributed by atoms with Crippen molar-refractivity contribution < 1.29 is 9.90 Å². The fourth-order valence-electron chi connectivity index (χ4n) is 0.874. The van der Waals surface area contributed by atoms with Gasteiger partial charge in [0.15, 0.2) is 0 Å². The summed E-state index contributed by atoms with van der Waals surface area (Å²) in [5, 5.41) is 11.9. The molecule has 0 aliphatic rings. The summed E-state index contributed by atoms with van der Waals surface area (Å²) in [6, 6.07) is -0.164. The van der Waals surface area contributed by atoms with E-state index in [4.69, 9.17) is 5.11 Å². The van der Waals surface area contributed by atoms with Crippen LogP contribution in [0.4, 0.5) is 0 Å². The third-order valence-electron chi connectivity index (χ3n) is 2.07. The van der Waals surface area contributed by atoms with E-state index in [2.05, 4.69) is 5.32 Å². The Morgan fingerprint density at radius 2 is 1.85 bits per heavy atom. The van der Waals surface area contributed by atoms with Crippen LogP contribution in [0.1, 0.15) is 34.6 Å². The maximum atomic E-state index is 11.3. The van der Waals surface area contributed by atoms with E-state index in [1.165, 1.54) is 0 Å². The van der Waals surface area contributed by atoms with E-state index in [0.717, 1.165) is 0 Å². The van der Waals surface area contributed by atoms with Crippen molar-refractivity contribution in [1.29, 1.82) is 0 Å². The molecule has 0 saturated carbocycles. The molecule has 2 N–H and O–H groups in total. The average molecular weight is 187 g/mol. The summed E-state index contributed by atoms with van der Waals surface area (Å²) in [4.78, 5) is 11.3. The highest BCUT2D eigenvalue weighted by Gasteiger charge is 2.25. The van der Waals surface area contributed by atoms with Crippen LogP contribution in [0.25, 0.3) is 0 Å². The zero-order chi connectivity index (χ0) is 10.6. The minimum Gasteiger partial charge on any atom is -0.394 e. The largest absolute Gasteiger partial charge is 0.394 e. The molecule has 3 nitrogen and oxygen atoms in total. The van der Waals surface area contributed by atoms with Gasteiger partial charge in [-0.05, 0) is 5.41 Å². The molecule has 0 aliphatic carbocycles. The normalized spacial score (nSPS) is 14.4. The summed E-state index contributed by atoms with van der Waals surface area (Å²) in [5.41, 5.74) is -0.0979. The van der Waals surface area contributed by atoms with Gasteiger partial charge in [-0.25, -0.2) is 0 Å². The van der Waals surface area contributed by atoms with Crippen LogP contribution in [0.15, 0.2) is 0 Å². The Labute approximate surface area is 80.5 Å². The predicted octanol–water partition coefficient (Wildman–Crippen LogP) is 1.17. The summed E-state index contributed by atoms with van der Waals surface area (Å²) in [7, 11) is 0. The molecule has 0 aromatic carbocycles. The number of nitrogens with one attached hydrogen (secondary N) is 1. The molecule has 0 unspecified atom stereocenters. The third kappa shape index (κ3) is 4.27. The number of hydrogen-bond donors (Lipinski definition) is 2. The lowest BCUT2D eigenvalue weighted by Crippen LogP contribution is -2.47. The number of carbonyl (C=O) groups is 1. The average Bonchev–Trinajstić information content (AvgIpc) is 1.96. The molecule has 0 rings (SSSR count).